The van der Waals surface area contributed by atoms with E-state index in [1.165, 1.54) is 0 Å². The molecule has 0 radical (unpaired) electrons. The van der Waals surface area contributed by atoms with Crippen LogP contribution < -0.4 is 4.90 Å². The molecule has 2 atom stereocenters. The minimum atomic E-state index is 0.0533. The highest BCUT2D eigenvalue weighted by atomic mass is 16.2. The SMILES string of the molecule is Cc1ncnc(N2CC3CN(C(=O)c4cnc[nH]4)CC3C2)c1C. The lowest BCUT2D eigenvalue weighted by Crippen LogP contribution is -2.34. The molecule has 0 spiro atoms. The highest BCUT2D eigenvalue weighted by Gasteiger charge is 2.42. The van der Waals surface area contributed by atoms with E-state index in [-0.39, 0.29) is 5.91 Å². The van der Waals surface area contributed by atoms with Crippen LogP contribution in [0.15, 0.2) is 18.9 Å². The number of fused-ring (bicyclic) bond motifs is 1. The van der Waals surface area contributed by atoms with E-state index in [0.717, 1.165) is 43.3 Å². The third-order valence-electron chi connectivity index (χ3n) is 5.11. The fraction of sp³-hybridized carbons (Fsp3) is 0.500. The number of aromatic nitrogens is 4. The fourth-order valence-electron chi connectivity index (χ4n) is 3.72. The Labute approximate surface area is 134 Å². The molecule has 1 N–H and O–H groups in total. The summed E-state index contributed by atoms with van der Waals surface area (Å²) in [5, 5.41) is 0. The molecule has 7 heteroatoms. The predicted molar refractivity (Wildman–Crippen MR) is 85.2 cm³/mol. The Bertz CT molecular complexity index is 714. The third kappa shape index (κ3) is 2.36. The molecule has 2 fully saturated rings. The van der Waals surface area contributed by atoms with Crippen LogP contribution in [0.25, 0.3) is 0 Å². The van der Waals surface area contributed by atoms with Crippen molar-refractivity contribution in [3.8, 4) is 0 Å². The van der Waals surface area contributed by atoms with Crippen LogP contribution in [0.4, 0.5) is 5.82 Å². The van der Waals surface area contributed by atoms with E-state index >= 15 is 0 Å². The molecule has 2 aromatic rings. The number of carbonyl (C=O) groups is 1. The van der Waals surface area contributed by atoms with Crippen molar-refractivity contribution in [3.05, 3.63) is 35.8 Å². The average molecular weight is 312 g/mol. The number of carbonyl (C=O) groups excluding carboxylic acids is 1. The van der Waals surface area contributed by atoms with Crippen molar-refractivity contribution in [2.75, 3.05) is 31.1 Å². The van der Waals surface area contributed by atoms with E-state index < -0.39 is 0 Å². The summed E-state index contributed by atoms with van der Waals surface area (Å²) in [7, 11) is 0. The van der Waals surface area contributed by atoms with Crippen LogP contribution in [0.5, 0.6) is 0 Å². The van der Waals surface area contributed by atoms with Gasteiger partial charge in [0, 0.05) is 49.3 Å². The van der Waals surface area contributed by atoms with Gasteiger partial charge in [-0.2, -0.15) is 0 Å². The summed E-state index contributed by atoms with van der Waals surface area (Å²) in [5.74, 6) is 2.11. The van der Waals surface area contributed by atoms with Crippen molar-refractivity contribution in [2.24, 2.45) is 11.8 Å². The lowest BCUT2D eigenvalue weighted by atomic mass is 10.0. The summed E-state index contributed by atoms with van der Waals surface area (Å²) in [4.78, 5) is 32.2. The molecular formula is C16H20N6O. The summed E-state index contributed by atoms with van der Waals surface area (Å²) >= 11 is 0. The molecule has 1 amide bonds. The van der Waals surface area contributed by atoms with E-state index in [1.54, 1.807) is 18.9 Å². The molecule has 4 heterocycles. The molecule has 2 aliphatic rings. The Kier molecular flexibility index (Phi) is 3.28. The van der Waals surface area contributed by atoms with Crippen molar-refractivity contribution < 1.29 is 4.79 Å². The molecular weight excluding hydrogens is 292 g/mol. The minimum Gasteiger partial charge on any atom is -0.356 e. The van der Waals surface area contributed by atoms with Crippen molar-refractivity contribution in [3.63, 3.8) is 0 Å². The summed E-state index contributed by atoms with van der Waals surface area (Å²) in [5.41, 5.74) is 2.75. The second kappa shape index (κ2) is 5.33. The Balaban J connectivity index is 1.46. The number of likely N-dealkylation sites (tertiary alicyclic amines) is 1. The molecule has 0 aromatic carbocycles. The summed E-state index contributed by atoms with van der Waals surface area (Å²) in [6.45, 7) is 7.61. The maximum Gasteiger partial charge on any atom is 0.271 e. The van der Waals surface area contributed by atoms with Crippen molar-refractivity contribution in [1.82, 2.24) is 24.8 Å². The molecule has 7 nitrogen and oxygen atoms in total. The number of imidazole rings is 1. The number of aromatic amines is 1. The number of nitrogens with one attached hydrogen (secondary N) is 1. The normalized spacial score (nSPS) is 23.4. The standard InChI is InChI=1S/C16H20N6O/c1-10-11(2)18-9-20-15(10)21-4-12-6-22(7-13(12)5-21)16(23)14-3-17-8-19-14/h3,8-9,12-13H,4-7H2,1-2H3,(H,17,19). The molecule has 0 saturated carbocycles. The minimum absolute atomic E-state index is 0.0533. The van der Waals surface area contributed by atoms with E-state index in [4.69, 9.17) is 0 Å². The zero-order valence-electron chi connectivity index (χ0n) is 13.4. The van der Waals surface area contributed by atoms with Crippen molar-refractivity contribution in [1.29, 1.82) is 0 Å². The topological polar surface area (TPSA) is 78.0 Å². The van der Waals surface area contributed by atoms with Gasteiger partial charge in [0.2, 0.25) is 0 Å². The number of hydrogen-bond acceptors (Lipinski definition) is 5. The van der Waals surface area contributed by atoms with Crippen LogP contribution in [0, 0.1) is 25.7 Å². The van der Waals surface area contributed by atoms with E-state index in [2.05, 4.69) is 31.8 Å². The average Bonchev–Trinajstić information content (AvgIpc) is 3.24. The van der Waals surface area contributed by atoms with Crippen LogP contribution >= 0.6 is 0 Å². The Hall–Kier alpha value is -2.44. The zero-order chi connectivity index (χ0) is 16.0. The van der Waals surface area contributed by atoms with Gasteiger partial charge in [-0.1, -0.05) is 0 Å². The van der Waals surface area contributed by atoms with Crippen LogP contribution in [-0.4, -0.2) is 56.9 Å². The highest BCUT2D eigenvalue weighted by Crippen LogP contribution is 2.34. The molecule has 23 heavy (non-hydrogen) atoms. The van der Waals surface area contributed by atoms with Gasteiger partial charge in [-0.25, -0.2) is 15.0 Å². The molecule has 2 aliphatic heterocycles. The largest absolute Gasteiger partial charge is 0.356 e. The molecule has 120 valence electrons. The number of nitrogens with zero attached hydrogens (tertiary/aromatic N) is 5. The first-order valence-electron chi connectivity index (χ1n) is 7.94. The van der Waals surface area contributed by atoms with Gasteiger partial charge < -0.3 is 14.8 Å². The molecule has 0 aliphatic carbocycles. The molecule has 2 unspecified atom stereocenters. The predicted octanol–water partition coefficient (Wildman–Crippen LogP) is 1.02. The maximum atomic E-state index is 12.4. The van der Waals surface area contributed by atoms with Crippen LogP contribution in [0.2, 0.25) is 0 Å². The number of amides is 1. The second-order valence-corrected chi connectivity index (χ2v) is 6.51. The summed E-state index contributed by atoms with van der Waals surface area (Å²) < 4.78 is 0. The van der Waals surface area contributed by atoms with Crippen molar-refractivity contribution in [2.45, 2.75) is 13.8 Å². The third-order valence-corrected chi connectivity index (χ3v) is 5.11. The molecule has 4 rings (SSSR count). The highest BCUT2D eigenvalue weighted by molar-refractivity contribution is 5.92. The molecule has 2 aromatic heterocycles. The van der Waals surface area contributed by atoms with Crippen LogP contribution in [0.1, 0.15) is 21.7 Å². The van der Waals surface area contributed by atoms with Gasteiger partial charge >= 0.3 is 0 Å². The fourth-order valence-corrected chi connectivity index (χ4v) is 3.72. The smallest absolute Gasteiger partial charge is 0.271 e. The van der Waals surface area contributed by atoms with E-state index in [0.29, 0.717) is 17.5 Å². The maximum absolute atomic E-state index is 12.4. The summed E-state index contributed by atoms with van der Waals surface area (Å²) in [6.07, 6.45) is 4.78. The van der Waals surface area contributed by atoms with Gasteiger partial charge in [-0.15, -0.1) is 0 Å². The lowest BCUT2D eigenvalue weighted by molar-refractivity contribution is 0.0777. The van der Waals surface area contributed by atoms with Gasteiger partial charge in [0.25, 0.3) is 5.91 Å². The number of hydrogen-bond donors (Lipinski definition) is 1. The number of anilines is 1. The van der Waals surface area contributed by atoms with Gasteiger partial charge in [-0.3, -0.25) is 4.79 Å². The monoisotopic (exact) mass is 312 g/mol. The number of aryl methyl sites for hydroxylation is 1. The Morgan fingerprint density at radius 1 is 1.17 bits per heavy atom. The van der Waals surface area contributed by atoms with Crippen molar-refractivity contribution >= 4 is 11.7 Å². The molecule has 2 saturated heterocycles. The Morgan fingerprint density at radius 2 is 1.91 bits per heavy atom. The Morgan fingerprint density at radius 3 is 2.57 bits per heavy atom. The lowest BCUT2D eigenvalue weighted by Gasteiger charge is -2.23. The van der Waals surface area contributed by atoms with Crippen LogP contribution in [0.3, 0.4) is 0 Å². The first kappa shape index (κ1) is 14.2. The number of H-pyrrole nitrogens is 1. The number of rotatable bonds is 2. The van der Waals surface area contributed by atoms with E-state index in [9.17, 15) is 4.79 Å². The van der Waals surface area contributed by atoms with Gasteiger partial charge in [0.15, 0.2) is 0 Å². The molecule has 0 bridgehead atoms. The summed E-state index contributed by atoms with van der Waals surface area (Å²) in [6, 6.07) is 0. The first-order valence-corrected chi connectivity index (χ1v) is 7.94. The second-order valence-electron chi connectivity index (χ2n) is 6.51. The zero-order valence-corrected chi connectivity index (χ0v) is 13.4. The first-order chi connectivity index (χ1) is 11.1. The van der Waals surface area contributed by atoms with E-state index in [1.807, 2.05) is 11.8 Å². The van der Waals surface area contributed by atoms with Gasteiger partial charge in [0.1, 0.15) is 17.8 Å². The van der Waals surface area contributed by atoms with Crippen LogP contribution in [-0.2, 0) is 0 Å². The van der Waals surface area contributed by atoms with Gasteiger partial charge in [-0.05, 0) is 13.8 Å². The quantitative estimate of drug-likeness (QED) is 0.896. The van der Waals surface area contributed by atoms with Gasteiger partial charge in [0.05, 0.1) is 12.5 Å².